The van der Waals surface area contributed by atoms with Gasteiger partial charge in [-0.3, -0.25) is 19.7 Å². The van der Waals surface area contributed by atoms with Crippen LogP contribution in [0.4, 0.5) is 5.69 Å². The molecular weight excluding hydrogens is 306 g/mol. The Morgan fingerprint density at radius 3 is 2.56 bits per heavy atom. The minimum absolute atomic E-state index is 0.138. The van der Waals surface area contributed by atoms with Gasteiger partial charge in [0, 0.05) is 16.6 Å². The Bertz CT molecular complexity index is 518. The lowest BCUT2D eigenvalue weighted by Crippen LogP contribution is -2.42. The third kappa shape index (κ3) is 3.27. The highest BCUT2D eigenvalue weighted by molar-refractivity contribution is 9.10. The average molecular weight is 316 g/mol. The predicted octanol–water partition coefficient (Wildman–Crippen LogP) is 0.961. The summed E-state index contributed by atoms with van der Waals surface area (Å²) in [6.45, 7) is 1.44. The van der Waals surface area contributed by atoms with Crippen LogP contribution in [0, 0.1) is 10.1 Å². The molecule has 0 aliphatic heterocycles. The number of halogens is 1. The topological polar surface area (TPSA) is 115 Å². The summed E-state index contributed by atoms with van der Waals surface area (Å²) in [5.74, 6) is -1.20. The van der Waals surface area contributed by atoms with Crippen LogP contribution in [0.1, 0.15) is 17.3 Å². The lowest BCUT2D eigenvalue weighted by Gasteiger charge is -2.10. The van der Waals surface area contributed by atoms with Crippen molar-refractivity contribution in [2.24, 2.45) is 5.73 Å². The van der Waals surface area contributed by atoms with Gasteiger partial charge in [0.15, 0.2) is 0 Å². The number of benzene rings is 1. The summed E-state index contributed by atoms with van der Waals surface area (Å²) in [6.07, 6.45) is 0. The van der Waals surface area contributed by atoms with Crippen LogP contribution in [0.15, 0.2) is 22.7 Å². The Morgan fingerprint density at radius 1 is 1.50 bits per heavy atom. The van der Waals surface area contributed by atoms with Gasteiger partial charge >= 0.3 is 0 Å². The molecule has 1 rings (SSSR count). The standard InChI is InChI=1S/C10H10BrN3O4/c1-5(9(12)15)13-10(16)7-3-2-6(14(17)18)4-8(7)11/h2-5H,1H3,(H2,12,15)(H,13,16)/t5-/m0/s1. The normalized spacial score (nSPS) is 11.7. The van der Waals surface area contributed by atoms with E-state index in [0.29, 0.717) is 0 Å². The molecule has 0 spiro atoms. The van der Waals surface area contributed by atoms with E-state index in [4.69, 9.17) is 5.73 Å². The summed E-state index contributed by atoms with van der Waals surface area (Å²) in [5.41, 5.74) is 5.06. The van der Waals surface area contributed by atoms with Crippen molar-refractivity contribution in [1.82, 2.24) is 5.32 Å². The van der Waals surface area contributed by atoms with Crippen molar-refractivity contribution in [3.8, 4) is 0 Å². The number of amides is 2. The molecule has 0 saturated carbocycles. The Kier molecular flexibility index (Phi) is 4.38. The van der Waals surface area contributed by atoms with Crippen molar-refractivity contribution in [2.45, 2.75) is 13.0 Å². The maximum Gasteiger partial charge on any atom is 0.270 e. The zero-order valence-corrected chi connectivity index (χ0v) is 10.9. The van der Waals surface area contributed by atoms with Gasteiger partial charge in [-0.25, -0.2) is 0 Å². The number of non-ortho nitro benzene ring substituents is 1. The SMILES string of the molecule is C[C@H](NC(=O)c1ccc([N+](=O)[O-])cc1Br)C(N)=O. The molecule has 96 valence electrons. The molecule has 8 heteroatoms. The number of hydrogen-bond acceptors (Lipinski definition) is 4. The Hall–Kier alpha value is -1.96. The fourth-order valence-corrected chi connectivity index (χ4v) is 1.69. The van der Waals surface area contributed by atoms with Gasteiger partial charge in [0.2, 0.25) is 5.91 Å². The molecule has 0 heterocycles. The second-order valence-electron chi connectivity index (χ2n) is 3.52. The van der Waals surface area contributed by atoms with Gasteiger partial charge in [-0.15, -0.1) is 0 Å². The van der Waals surface area contributed by atoms with E-state index in [1.807, 2.05) is 0 Å². The molecule has 0 saturated heterocycles. The predicted molar refractivity (Wildman–Crippen MR) is 66.9 cm³/mol. The van der Waals surface area contributed by atoms with E-state index in [0.717, 1.165) is 0 Å². The molecule has 3 N–H and O–H groups in total. The average Bonchev–Trinajstić information content (AvgIpc) is 2.28. The zero-order valence-electron chi connectivity index (χ0n) is 9.34. The van der Waals surface area contributed by atoms with E-state index in [-0.39, 0.29) is 15.7 Å². The first-order valence-electron chi connectivity index (χ1n) is 4.87. The third-order valence-electron chi connectivity index (χ3n) is 2.18. The number of carbonyl (C=O) groups is 2. The van der Waals surface area contributed by atoms with Crippen LogP contribution < -0.4 is 11.1 Å². The van der Waals surface area contributed by atoms with E-state index in [1.165, 1.54) is 25.1 Å². The minimum atomic E-state index is -0.820. The molecule has 0 aliphatic carbocycles. The molecular formula is C10H10BrN3O4. The first-order valence-corrected chi connectivity index (χ1v) is 5.66. The first-order chi connectivity index (χ1) is 8.32. The summed E-state index contributed by atoms with van der Waals surface area (Å²) in [4.78, 5) is 32.5. The number of nitro groups is 1. The number of nitrogens with one attached hydrogen (secondary N) is 1. The quantitative estimate of drug-likeness (QED) is 0.636. The molecule has 1 atom stereocenters. The molecule has 0 radical (unpaired) electrons. The number of rotatable bonds is 4. The van der Waals surface area contributed by atoms with Crippen LogP contribution in [0.25, 0.3) is 0 Å². The second-order valence-corrected chi connectivity index (χ2v) is 4.37. The van der Waals surface area contributed by atoms with E-state index in [9.17, 15) is 19.7 Å². The zero-order chi connectivity index (χ0) is 13.9. The van der Waals surface area contributed by atoms with Crippen LogP contribution in [0.2, 0.25) is 0 Å². The number of carbonyl (C=O) groups excluding carboxylic acids is 2. The molecule has 1 aromatic carbocycles. The summed E-state index contributed by atoms with van der Waals surface area (Å²) >= 11 is 3.06. The van der Waals surface area contributed by atoms with Gasteiger partial charge in [-0.05, 0) is 28.9 Å². The van der Waals surface area contributed by atoms with Gasteiger partial charge in [-0.2, -0.15) is 0 Å². The van der Waals surface area contributed by atoms with Crippen molar-refractivity contribution >= 4 is 33.4 Å². The van der Waals surface area contributed by atoms with E-state index >= 15 is 0 Å². The van der Waals surface area contributed by atoms with Crippen LogP contribution >= 0.6 is 15.9 Å². The number of nitrogens with zero attached hydrogens (tertiary/aromatic N) is 1. The van der Waals surface area contributed by atoms with Crippen molar-refractivity contribution in [3.63, 3.8) is 0 Å². The molecule has 0 unspecified atom stereocenters. The highest BCUT2D eigenvalue weighted by Gasteiger charge is 2.17. The Balaban J connectivity index is 2.94. The lowest BCUT2D eigenvalue weighted by atomic mass is 10.2. The summed E-state index contributed by atoms with van der Waals surface area (Å²) in [7, 11) is 0. The molecule has 0 aliphatic rings. The van der Waals surface area contributed by atoms with Crippen LogP contribution in [-0.2, 0) is 4.79 Å². The maximum absolute atomic E-state index is 11.7. The first kappa shape index (κ1) is 14.1. The number of nitrogens with two attached hydrogens (primary N) is 1. The fraction of sp³-hybridized carbons (Fsp3) is 0.200. The molecule has 7 nitrogen and oxygen atoms in total. The van der Waals surface area contributed by atoms with Gasteiger partial charge < -0.3 is 11.1 Å². The Labute approximate surface area is 111 Å². The monoisotopic (exact) mass is 315 g/mol. The summed E-state index contributed by atoms with van der Waals surface area (Å²) < 4.78 is 0.269. The minimum Gasteiger partial charge on any atom is -0.368 e. The van der Waals surface area contributed by atoms with E-state index < -0.39 is 22.8 Å². The van der Waals surface area contributed by atoms with E-state index in [2.05, 4.69) is 21.2 Å². The molecule has 0 fully saturated rings. The Morgan fingerprint density at radius 2 is 2.11 bits per heavy atom. The third-order valence-corrected chi connectivity index (χ3v) is 2.84. The van der Waals surface area contributed by atoms with Crippen LogP contribution in [0.5, 0.6) is 0 Å². The summed E-state index contributed by atoms with van der Waals surface area (Å²) in [5, 5.41) is 12.9. The van der Waals surface area contributed by atoms with E-state index in [1.54, 1.807) is 0 Å². The number of hydrogen-bond donors (Lipinski definition) is 2. The number of nitro benzene ring substituents is 1. The van der Waals surface area contributed by atoms with Gasteiger partial charge in [-0.1, -0.05) is 0 Å². The molecule has 1 aromatic rings. The van der Waals surface area contributed by atoms with Gasteiger partial charge in [0.1, 0.15) is 6.04 Å². The largest absolute Gasteiger partial charge is 0.368 e. The van der Waals surface area contributed by atoms with Gasteiger partial charge in [0.05, 0.1) is 10.5 Å². The smallest absolute Gasteiger partial charge is 0.270 e. The molecule has 2 amide bonds. The fourth-order valence-electron chi connectivity index (χ4n) is 1.15. The molecule has 0 bridgehead atoms. The highest BCUT2D eigenvalue weighted by Crippen LogP contribution is 2.22. The van der Waals surface area contributed by atoms with Crippen molar-refractivity contribution in [2.75, 3.05) is 0 Å². The highest BCUT2D eigenvalue weighted by atomic mass is 79.9. The molecule has 0 aromatic heterocycles. The van der Waals surface area contributed by atoms with Gasteiger partial charge in [0.25, 0.3) is 11.6 Å². The number of primary amides is 1. The van der Waals surface area contributed by atoms with Crippen molar-refractivity contribution in [3.05, 3.63) is 38.3 Å². The van der Waals surface area contributed by atoms with Crippen molar-refractivity contribution < 1.29 is 14.5 Å². The lowest BCUT2D eigenvalue weighted by molar-refractivity contribution is -0.384. The maximum atomic E-state index is 11.7. The molecule has 18 heavy (non-hydrogen) atoms. The van der Waals surface area contributed by atoms with Crippen molar-refractivity contribution in [1.29, 1.82) is 0 Å². The van der Waals surface area contributed by atoms with Crippen LogP contribution in [-0.4, -0.2) is 22.8 Å². The second kappa shape index (κ2) is 5.58. The summed E-state index contributed by atoms with van der Waals surface area (Å²) in [6, 6.07) is 2.89. The van der Waals surface area contributed by atoms with Crippen LogP contribution in [0.3, 0.4) is 0 Å².